The molecule has 2 fully saturated rings. The molecule has 0 spiro atoms. The van der Waals surface area contributed by atoms with Crippen molar-refractivity contribution in [2.45, 2.75) is 30.7 Å². The Bertz CT molecular complexity index is 1420. The summed E-state index contributed by atoms with van der Waals surface area (Å²) in [6, 6.07) is 8.40. The number of anilines is 1. The summed E-state index contributed by atoms with van der Waals surface area (Å²) in [4.78, 5) is 28.3. The van der Waals surface area contributed by atoms with Crippen molar-refractivity contribution in [2.75, 3.05) is 37.6 Å². The van der Waals surface area contributed by atoms with Crippen molar-refractivity contribution < 1.29 is 13.2 Å². The Labute approximate surface area is 196 Å². The molecule has 2 saturated heterocycles. The van der Waals surface area contributed by atoms with Gasteiger partial charge in [-0.15, -0.1) is 4.40 Å². The van der Waals surface area contributed by atoms with Gasteiger partial charge in [-0.1, -0.05) is 12.1 Å². The summed E-state index contributed by atoms with van der Waals surface area (Å²) < 4.78 is 30.8. The molecule has 176 valence electrons. The van der Waals surface area contributed by atoms with Gasteiger partial charge in [0.2, 0.25) is 5.91 Å². The van der Waals surface area contributed by atoms with Crippen LogP contribution in [0.15, 0.2) is 46.0 Å². The van der Waals surface area contributed by atoms with E-state index in [1.54, 1.807) is 28.8 Å². The lowest BCUT2D eigenvalue weighted by Gasteiger charge is -2.38. The molecule has 5 heterocycles. The van der Waals surface area contributed by atoms with Crippen LogP contribution in [0.1, 0.15) is 24.1 Å². The first-order chi connectivity index (χ1) is 16.4. The highest BCUT2D eigenvalue weighted by molar-refractivity contribution is 7.90. The van der Waals surface area contributed by atoms with E-state index < -0.39 is 16.1 Å². The number of piperazine rings is 1. The molecular formula is C22H24N8O3S. The zero-order valence-corrected chi connectivity index (χ0v) is 19.5. The number of benzene rings is 1. The van der Waals surface area contributed by atoms with Crippen molar-refractivity contribution in [1.29, 1.82) is 0 Å². The lowest BCUT2D eigenvalue weighted by molar-refractivity contribution is -0.135. The van der Waals surface area contributed by atoms with E-state index in [1.807, 2.05) is 22.8 Å². The monoisotopic (exact) mass is 480 g/mol. The number of sulfonamides is 1. The number of carbonyl (C=O) groups is 1. The van der Waals surface area contributed by atoms with Crippen LogP contribution in [-0.2, 0) is 14.8 Å². The largest absolute Gasteiger partial charge is 0.353 e. The van der Waals surface area contributed by atoms with E-state index in [1.165, 1.54) is 6.33 Å². The van der Waals surface area contributed by atoms with E-state index in [2.05, 4.69) is 24.4 Å². The van der Waals surface area contributed by atoms with Gasteiger partial charge in [-0.3, -0.25) is 4.79 Å². The predicted octanol–water partition coefficient (Wildman–Crippen LogP) is 0.695. The smallest absolute Gasteiger partial charge is 0.285 e. The van der Waals surface area contributed by atoms with Crippen LogP contribution in [0.5, 0.6) is 0 Å². The molecule has 11 nitrogen and oxygen atoms in total. The summed E-state index contributed by atoms with van der Waals surface area (Å²) in [5.74, 6) is 1.89. The van der Waals surface area contributed by atoms with Gasteiger partial charge in [-0.2, -0.15) is 23.0 Å². The Hall–Kier alpha value is -3.54. The van der Waals surface area contributed by atoms with Crippen LogP contribution in [0.2, 0.25) is 0 Å². The highest BCUT2D eigenvalue weighted by Crippen LogP contribution is 2.32. The molecule has 12 heteroatoms. The highest BCUT2D eigenvalue weighted by atomic mass is 32.2. The molecule has 3 aliphatic heterocycles. The highest BCUT2D eigenvalue weighted by Gasteiger charge is 2.41. The summed E-state index contributed by atoms with van der Waals surface area (Å²) in [6.07, 6.45) is 2.99. The maximum Gasteiger partial charge on any atom is 0.285 e. The van der Waals surface area contributed by atoms with Gasteiger partial charge < -0.3 is 14.7 Å². The predicted molar refractivity (Wildman–Crippen MR) is 124 cm³/mol. The summed E-state index contributed by atoms with van der Waals surface area (Å²) in [7, 11) is -3.72. The molecule has 0 aliphatic carbocycles. The maximum atomic E-state index is 13.5. The van der Waals surface area contributed by atoms with Crippen LogP contribution in [-0.4, -0.2) is 88.3 Å². The normalized spacial score (nSPS) is 21.7. The summed E-state index contributed by atoms with van der Waals surface area (Å²) in [6.45, 7) is 5.00. The molecule has 2 aromatic heterocycles. The third-order valence-corrected chi connectivity index (χ3v) is 8.02. The van der Waals surface area contributed by atoms with E-state index in [9.17, 15) is 13.2 Å². The zero-order chi connectivity index (χ0) is 23.4. The van der Waals surface area contributed by atoms with Crippen LogP contribution in [0, 0.1) is 6.92 Å². The van der Waals surface area contributed by atoms with Gasteiger partial charge in [0.15, 0.2) is 5.84 Å². The van der Waals surface area contributed by atoms with Gasteiger partial charge in [0, 0.05) is 50.0 Å². The molecule has 6 rings (SSSR count). The lowest BCUT2D eigenvalue weighted by Crippen LogP contribution is -2.54. The standard InChI is InChI=1S/C22H24N8O3S/c1-15-13-19(30-22(25-15)23-14-24-30)27-9-11-28(12-10-27)21(31)17-6-4-8-29(17)20-16-5-2-3-7-18(16)34(32,33)26-20/h2-3,5,7,13-14,17H,4,6,8-12H2,1H3/t17-/m0/s1. The van der Waals surface area contributed by atoms with E-state index in [4.69, 9.17) is 0 Å². The minimum atomic E-state index is -3.72. The van der Waals surface area contributed by atoms with Crippen molar-refractivity contribution in [3.8, 4) is 0 Å². The van der Waals surface area contributed by atoms with Crippen LogP contribution >= 0.6 is 0 Å². The average molecular weight is 481 g/mol. The fourth-order valence-corrected chi connectivity index (χ4v) is 6.29. The Morgan fingerprint density at radius 3 is 2.71 bits per heavy atom. The topological polar surface area (TPSA) is 116 Å². The van der Waals surface area contributed by atoms with Gasteiger partial charge in [0.05, 0.1) is 0 Å². The molecule has 0 bridgehead atoms. The number of amides is 1. The third-order valence-electron chi connectivity index (χ3n) is 6.70. The molecule has 1 atom stereocenters. The molecule has 1 aromatic carbocycles. The first kappa shape index (κ1) is 21.0. The quantitative estimate of drug-likeness (QED) is 0.526. The van der Waals surface area contributed by atoms with Crippen molar-refractivity contribution >= 4 is 33.4 Å². The molecule has 3 aromatic rings. The number of likely N-dealkylation sites (tertiary alicyclic amines) is 1. The summed E-state index contributed by atoms with van der Waals surface area (Å²) in [5.41, 5.74) is 1.44. The van der Waals surface area contributed by atoms with Crippen molar-refractivity contribution in [1.82, 2.24) is 29.4 Å². The molecule has 34 heavy (non-hydrogen) atoms. The molecular weight excluding hydrogens is 456 g/mol. The van der Waals surface area contributed by atoms with Gasteiger partial charge >= 0.3 is 0 Å². The third kappa shape index (κ3) is 3.31. The minimum absolute atomic E-state index is 0.0263. The van der Waals surface area contributed by atoms with Crippen molar-refractivity contribution in [2.24, 2.45) is 4.40 Å². The summed E-state index contributed by atoms with van der Waals surface area (Å²) in [5, 5.41) is 4.29. The molecule has 0 radical (unpaired) electrons. The Balaban J connectivity index is 1.20. The second-order valence-corrected chi connectivity index (χ2v) is 10.3. The van der Waals surface area contributed by atoms with Crippen LogP contribution in [0.4, 0.5) is 5.82 Å². The fraction of sp³-hybridized carbons (Fsp3) is 0.409. The van der Waals surface area contributed by atoms with Gasteiger partial charge in [0.25, 0.3) is 15.8 Å². The van der Waals surface area contributed by atoms with E-state index in [0.717, 1.165) is 17.9 Å². The van der Waals surface area contributed by atoms with E-state index >= 15 is 0 Å². The molecule has 3 aliphatic rings. The van der Waals surface area contributed by atoms with Crippen molar-refractivity contribution in [3.05, 3.63) is 47.9 Å². The Morgan fingerprint density at radius 1 is 1.09 bits per heavy atom. The Kier molecular flexibility index (Phi) is 4.80. The van der Waals surface area contributed by atoms with Gasteiger partial charge in [0.1, 0.15) is 23.1 Å². The van der Waals surface area contributed by atoms with Crippen LogP contribution < -0.4 is 4.90 Å². The SMILES string of the molecule is Cc1cc(N2CCN(C(=O)[C@@H]3CCCN3C3=NS(=O)(=O)c4ccccc43)CC2)n2ncnc2n1. The minimum Gasteiger partial charge on any atom is -0.353 e. The van der Waals surface area contributed by atoms with E-state index in [-0.39, 0.29) is 10.8 Å². The lowest BCUT2D eigenvalue weighted by atomic mass is 10.1. The number of amidine groups is 1. The fourth-order valence-electron chi connectivity index (χ4n) is 5.08. The number of hydrogen-bond acceptors (Lipinski definition) is 8. The molecule has 1 amide bonds. The van der Waals surface area contributed by atoms with Crippen LogP contribution in [0.3, 0.4) is 0 Å². The number of carbonyl (C=O) groups excluding carboxylic acids is 1. The number of aryl methyl sites for hydroxylation is 1. The second-order valence-electron chi connectivity index (χ2n) is 8.78. The number of nitrogens with zero attached hydrogens (tertiary/aromatic N) is 8. The van der Waals surface area contributed by atoms with Gasteiger partial charge in [-0.25, -0.2) is 4.98 Å². The maximum absolute atomic E-state index is 13.5. The second kappa shape index (κ2) is 7.76. The number of rotatable bonds is 2. The zero-order valence-electron chi connectivity index (χ0n) is 18.7. The van der Waals surface area contributed by atoms with Crippen LogP contribution in [0.25, 0.3) is 5.78 Å². The first-order valence-electron chi connectivity index (χ1n) is 11.3. The number of fused-ring (bicyclic) bond motifs is 2. The van der Waals surface area contributed by atoms with Crippen molar-refractivity contribution in [3.63, 3.8) is 0 Å². The Morgan fingerprint density at radius 2 is 1.88 bits per heavy atom. The summed E-state index contributed by atoms with van der Waals surface area (Å²) >= 11 is 0. The molecule has 0 N–H and O–H groups in total. The van der Waals surface area contributed by atoms with E-state index in [0.29, 0.717) is 56.3 Å². The number of aromatic nitrogens is 4. The molecule has 0 saturated carbocycles. The first-order valence-corrected chi connectivity index (χ1v) is 12.8. The average Bonchev–Trinajstić information content (AvgIpc) is 3.56. The molecule has 0 unspecified atom stereocenters. The number of hydrogen-bond donors (Lipinski definition) is 0. The van der Waals surface area contributed by atoms with Gasteiger partial charge in [-0.05, 0) is 31.9 Å².